The number of rotatable bonds is 6. The maximum atomic E-state index is 9.01. The van der Waals surface area contributed by atoms with Crippen molar-refractivity contribution in [2.24, 2.45) is 5.92 Å². The molecule has 0 amide bonds. The maximum absolute atomic E-state index is 9.01. The molecule has 0 aliphatic carbocycles. The van der Waals surface area contributed by atoms with Crippen molar-refractivity contribution in [1.82, 2.24) is 9.88 Å². The summed E-state index contributed by atoms with van der Waals surface area (Å²) in [6.45, 7) is 7.08. The fourth-order valence-corrected chi connectivity index (χ4v) is 1.79. The van der Waals surface area contributed by atoms with E-state index in [1.807, 2.05) is 26.2 Å². The van der Waals surface area contributed by atoms with E-state index in [9.17, 15) is 0 Å². The molecule has 0 bridgehead atoms. The number of likely N-dealkylation sites (N-methyl/N-ethyl adjacent to an activating group) is 1. The molecule has 1 aromatic rings. The van der Waals surface area contributed by atoms with Crippen LogP contribution in [-0.2, 0) is 0 Å². The topological polar surface area (TPSA) is 69.2 Å². The zero-order valence-corrected chi connectivity index (χ0v) is 12.2. The van der Waals surface area contributed by atoms with Crippen molar-refractivity contribution in [1.29, 1.82) is 5.26 Å². The highest BCUT2D eigenvalue weighted by atomic mass is 15.2. The van der Waals surface area contributed by atoms with E-state index in [4.69, 9.17) is 11.0 Å². The van der Waals surface area contributed by atoms with Gasteiger partial charge in [0.2, 0.25) is 0 Å². The number of anilines is 2. The molecule has 19 heavy (non-hydrogen) atoms. The number of nitrogens with zero attached hydrogens (tertiary/aromatic N) is 4. The van der Waals surface area contributed by atoms with Crippen LogP contribution in [0.5, 0.6) is 0 Å². The van der Waals surface area contributed by atoms with Crippen molar-refractivity contribution in [3.05, 3.63) is 17.8 Å². The number of nitrogen functional groups attached to an aromatic ring is 1. The maximum Gasteiger partial charge on any atom is 0.165 e. The minimum absolute atomic E-state index is 0.302. The molecular formula is C14H23N5. The zero-order chi connectivity index (χ0) is 14.4. The van der Waals surface area contributed by atoms with Gasteiger partial charge in [-0.2, -0.15) is 5.26 Å². The first-order valence-electron chi connectivity index (χ1n) is 6.50. The number of hydrogen-bond donors (Lipinski definition) is 1. The van der Waals surface area contributed by atoms with E-state index in [1.165, 1.54) is 0 Å². The lowest BCUT2D eigenvalue weighted by molar-refractivity contribution is 0.408. The summed E-state index contributed by atoms with van der Waals surface area (Å²) in [6, 6.07) is 5.67. The Balaban J connectivity index is 2.93. The summed E-state index contributed by atoms with van der Waals surface area (Å²) in [7, 11) is 4.09. The van der Waals surface area contributed by atoms with Crippen LogP contribution in [-0.4, -0.2) is 43.6 Å². The van der Waals surface area contributed by atoms with Crippen LogP contribution >= 0.6 is 0 Å². The van der Waals surface area contributed by atoms with E-state index in [2.05, 4.69) is 28.6 Å². The van der Waals surface area contributed by atoms with Crippen LogP contribution in [0.15, 0.2) is 12.1 Å². The molecule has 0 fully saturated rings. The van der Waals surface area contributed by atoms with Crippen LogP contribution in [0.25, 0.3) is 0 Å². The van der Waals surface area contributed by atoms with Crippen molar-refractivity contribution in [3.8, 4) is 6.07 Å². The number of pyridine rings is 1. The van der Waals surface area contributed by atoms with Gasteiger partial charge in [0.15, 0.2) is 5.69 Å². The van der Waals surface area contributed by atoms with Gasteiger partial charge >= 0.3 is 0 Å². The second-order valence-electron chi connectivity index (χ2n) is 5.36. The third-order valence-corrected chi connectivity index (χ3v) is 2.74. The number of hydrogen-bond acceptors (Lipinski definition) is 5. The third kappa shape index (κ3) is 4.76. The minimum Gasteiger partial charge on any atom is -0.396 e. The lowest BCUT2D eigenvalue weighted by Crippen LogP contribution is -2.35. The summed E-state index contributed by atoms with van der Waals surface area (Å²) in [5, 5.41) is 9.01. The van der Waals surface area contributed by atoms with Crippen molar-refractivity contribution in [2.45, 2.75) is 13.8 Å². The summed E-state index contributed by atoms with van der Waals surface area (Å²) >= 11 is 0. The molecular weight excluding hydrogens is 238 g/mol. The Bertz CT molecular complexity index is 448. The van der Waals surface area contributed by atoms with E-state index in [0.717, 1.165) is 25.5 Å². The molecule has 0 aliphatic rings. The molecule has 2 N–H and O–H groups in total. The van der Waals surface area contributed by atoms with E-state index in [0.29, 0.717) is 17.3 Å². The fraction of sp³-hybridized carbons (Fsp3) is 0.571. The van der Waals surface area contributed by atoms with Crippen LogP contribution in [0, 0.1) is 17.2 Å². The highest BCUT2D eigenvalue weighted by molar-refractivity contribution is 5.55. The molecule has 0 aliphatic heterocycles. The van der Waals surface area contributed by atoms with Gasteiger partial charge in [-0.3, -0.25) is 0 Å². The molecule has 0 saturated carbocycles. The first kappa shape index (κ1) is 15.3. The fourth-order valence-electron chi connectivity index (χ4n) is 1.79. The summed E-state index contributed by atoms with van der Waals surface area (Å²) in [5.74, 6) is 1.35. The van der Waals surface area contributed by atoms with Crippen LogP contribution < -0.4 is 10.6 Å². The Hall–Kier alpha value is -1.80. The first-order chi connectivity index (χ1) is 8.93. The van der Waals surface area contributed by atoms with Crippen molar-refractivity contribution in [3.63, 3.8) is 0 Å². The van der Waals surface area contributed by atoms with Gasteiger partial charge in [-0.15, -0.1) is 0 Å². The molecule has 1 heterocycles. The molecule has 0 saturated heterocycles. The average molecular weight is 261 g/mol. The van der Waals surface area contributed by atoms with Gasteiger partial charge in [-0.25, -0.2) is 4.98 Å². The van der Waals surface area contributed by atoms with Gasteiger partial charge in [0.25, 0.3) is 0 Å². The Labute approximate surface area is 115 Å². The van der Waals surface area contributed by atoms with Gasteiger partial charge in [0.05, 0.1) is 5.69 Å². The van der Waals surface area contributed by atoms with Crippen molar-refractivity contribution in [2.75, 3.05) is 44.4 Å². The van der Waals surface area contributed by atoms with Crippen LogP contribution in [0.4, 0.5) is 11.5 Å². The number of aromatic nitrogens is 1. The van der Waals surface area contributed by atoms with Gasteiger partial charge in [0, 0.05) is 19.6 Å². The molecule has 5 heteroatoms. The molecule has 104 valence electrons. The molecule has 0 unspecified atom stereocenters. The summed E-state index contributed by atoms with van der Waals surface area (Å²) < 4.78 is 0. The van der Waals surface area contributed by atoms with E-state index >= 15 is 0 Å². The Kier molecular flexibility index (Phi) is 5.58. The standard InChI is InChI=1S/C14H23N5/c1-11(2)10-19(8-7-18(3)4)14-6-5-12(16)13(9-15)17-14/h5-6,11H,7-8,10,16H2,1-4H3. The largest absolute Gasteiger partial charge is 0.396 e. The summed E-state index contributed by atoms with van der Waals surface area (Å²) in [5.41, 5.74) is 6.45. The molecule has 0 atom stereocenters. The van der Waals surface area contributed by atoms with Gasteiger partial charge in [-0.05, 0) is 32.1 Å². The van der Waals surface area contributed by atoms with E-state index in [1.54, 1.807) is 6.07 Å². The highest BCUT2D eigenvalue weighted by Crippen LogP contribution is 2.17. The van der Waals surface area contributed by atoms with Gasteiger partial charge in [-0.1, -0.05) is 13.8 Å². The van der Waals surface area contributed by atoms with Crippen LogP contribution in [0.1, 0.15) is 19.5 Å². The molecule has 5 nitrogen and oxygen atoms in total. The highest BCUT2D eigenvalue weighted by Gasteiger charge is 2.12. The van der Waals surface area contributed by atoms with Gasteiger partial charge < -0.3 is 15.5 Å². The lowest BCUT2D eigenvalue weighted by Gasteiger charge is -2.27. The third-order valence-electron chi connectivity index (χ3n) is 2.74. The SMILES string of the molecule is CC(C)CN(CCN(C)C)c1ccc(N)c(C#N)n1. The molecule has 1 aromatic heterocycles. The molecule has 1 rings (SSSR count). The Morgan fingerprint density at radius 1 is 1.32 bits per heavy atom. The quantitative estimate of drug-likeness (QED) is 0.841. The molecule has 0 spiro atoms. The second-order valence-corrected chi connectivity index (χ2v) is 5.36. The Morgan fingerprint density at radius 3 is 2.53 bits per heavy atom. The monoisotopic (exact) mass is 261 g/mol. The van der Waals surface area contributed by atoms with Crippen LogP contribution in [0.3, 0.4) is 0 Å². The minimum atomic E-state index is 0.302. The summed E-state index contributed by atoms with van der Waals surface area (Å²) in [4.78, 5) is 8.68. The zero-order valence-electron chi connectivity index (χ0n) is 12.2. The lowest BCUT2D eigenvalue weighted by atomic mass is 10.2. The second kappa shape index (κ2) is 6.95. The Morgan fingerprint density at radius 2 is 2.00 bits per heavy atom. The smallest absolute Gasteiger partial charge is 0.165 e. The predicted octanol–water partition coefficient (Wildman–Crippen LogP) is 1.56. The van der Waals surface area contributed by atoms with Crippen LogP contribution in [0.2, 0.25) is 0 Å². The summed E-state index contributed by atoms with van der Waals surface area (Å²) in [6.07, 6.45) is 0. The van der Waals surface area contributed by atoms with Crippen molar-refractivity contribution < 1.29 is 0 Å². The molecule has 0 aromatic carbocycles. The average Bonchev–Trinajstić information content (AvgIpc) is 2.34. The van der Waals surface area contributed by atoms with Crippen molar-refractivity contribution >= 4 is 11.5 Å². The van der Waals surface area contributed by atoms with E-state index < -0.39 is 0 Å². The number of nitrogens with two attached hydrogens (primary N) is 1. The number of nitriles is 1. The molecule has 0 radical (unpaired) electrons. The van der Waals surface area contributed by atoms with Gasteiger partial charge in [0.1, 0.15) is 11.9 Å². The predicted molar refractivity (Wildman–Crippen MR) is 79.0 cm³/mol. The normalized spacial score (nSPS) is 10.8. The first-order valence-corrected chi connectivity index (χ1v) is 6.50. The van der Waals surface area contributed by atoms with E-state index in [-0.39, 0.29) is 0 Å².